The predicted molar refractivity (Wildman–Crippen MR) is 233 cm³/mol. The Morgan fingerprint density at radius 3 is 1.37 bits per heavy atom. The van der Waals surface area contributed by atoms with Gasteiger partial charge in [-0.1, -0.05) is 19.6 Å². The van der Waals surface area contributed by atoms with Crippen LogP contribution < -0.4 is 22.1 Å². The summed E-state index contributed by atoms with van der Waals surface area (Å²) in [6, 6.07) is 8.59. The van der Waals surface area contributed by atoms with Crippen molar-refractivity contribution in [3.05, 3.63) is 119 Å². The molecule has 0 saturated carbocycles. The third kappa shape index (κ3) is 14.4. The maximum absolute atomic E-state index is 13.2. The smallest absolute Gasteiger partial charge is 0.416 e. The lowest BCUT2D eigenvalue weighted by atomic mass is 10.0. The third-order valence-electron chi connectivity index (χ3n) is 12.1. The zero-order valence-corrected chi connectivity index (χ0v) is 36.4. The number of alkyl halides is 12. The fourth-order valence-corrected chi connectivity index (χ4v) is 8.88. The molecule has 2 unspecified atom stereocenters. The van der Waals surface area contributed by atoms with Crippen molar-refractivity contribution >= 4 is 23.3 Å². The number of nitrogens with zero attached hydrogens (tertiary/aromatic N) is 6. The molecule has 2 aromatic carbocycles. The summed E-state index contributed by atoms with van der Waals surface area (Å²) >= 11 is 0. The van der Waals surface area contributed by atoms with Gasteiger partial charge in [0.05, 0.1) is 27.9 Å². The molecule has 2 aromatic heterocycles. The molecule has 1 amide bonds. The largest absolute Gasteiger partial charge is 0.480 e. The van der Waals surface area contributed by atoms with Crippen molar-refractivity contribution in [1.82, 2.24) is 35.0 Å². The van der Waals surface area contributed by atoms with Gasteiger partial charge in [-0.3, -0.25) is 55.9 Å². The SMILES string of the molecule is C.NNc1cc(C(F)(F)F)cc(C(F)(F)F)c1.O=C(NNc1cc(C(F)(F)F)cc(C(F)(F)F)c1)C(c1cccnc1)N1CCN2CCC[C@@H]2C1.O=C(O)C(c1cccnc1)N1CCN2CCC[C@@H]2C1. The van der Waals surface area contributed by atoms with Gasteiger partial charge in [0.2, 0.25) is 0 Å². The van der Waals surface area contributed by atoms with Crippen molar-refractivity contribution in [2.45, 2.75) is 82.0 Å². The van der Waals surface area contributed by atoms with Crippen molar-refractivity contribution in [1.29, 1.82) is 0 Å². The summed E-state index contributed by atoms with van der Waals surface area (Å²) in [4.78, 5) is 41.8. The van der Waals surface area contributed by atoms with Crippen LogP contribution in [0.15, 0.2) is 85.5 Å². The van der Waals surface area contributed by atoms with Gasteiger partial charge in [-0.15, -0.1) is 0 Å². The minimum atomic E-state index is -4.99. The first kappa shape index (κ1) is 55.2. The minimum Gasteiger partial charge on any atom is -0.480 e. The summed E-state index contributed by atoms with van der Waals surface area (Å²) in [5.41, 5.74) is 0.920. The van der Waals surface area contributed by atoms with Gasteiger partial charge in [-0.2, -0.15) is 52.7 Å². The Morgan fingerprint density at radius 2 is 1.00 bits per heavy atom. The number of carboxylic acids is 1. The number of nitrogen functional groups attached to an aromatic ring is 1. The van der Waals surface area contributed by atoms with Crippen LogP contribution >= 0.6 is 0 Å². The molecule has 8 rings (SSSR count). The number of piperazine rings is 2. The van der Waals surface area contributed by atoms with Crippen molar-refractivity contribution in [3.8, 4) is 0 Å². The average molecular weight is 1010 g/mol. The molecule has 0 bridgehead atoms. The van der Waals surface area contributed by atoms with Crippen molar-refractivity contribution in [2.75, 3.05) is 63.2 Å². The number of nitrogens with two attached hydrogens (primary N) is 1. The number of carbonyl (C=O) groups is 2. The summed E-state index contributed by atoms with van der Waals surface area (Å²) in [5.74, 6) is 3.41. The van der Waals surface area contributed by atoms with E-state index < -0.39 is 82.3 Å². The quantitative estimate of drug-likeness (QED) is 0.0619. The van der Waals surface area contributed by atoms with Gasteiger partial charge < -0.3 is 10.5 Å². The molecule has 6 N–H and O–H groups in total. The van der Waals surface area contributed by atoms with Crippen LogP contribution in [0.4, 0.5) is 64.1 Å². The van der Waals surface area contributed by atoms with Gasteiger partial charge in [0.1, 0.15) is 12.1 Å². The van der Waals surface area contributed by atoms with Gasteiger partial charge in [0.25, 0.3) is 5.91 Å². The lowest BCUT2D eigenvalue weighted by molar-refractivity contribution is -0.145. The predicted octanol–water partition coefficient (Wildman–Crippen LogP) is 8.72. The molecule has 4 aliphatic rings. The number of rotatable bonds is 9. The van der Waals surface area contributed by atoms with Crippen LogP contribution in [0.1, 0.15) is 78.6 Å². The molecule has 4 atom stereocenters. The zero-order valence-electron chi connectivity index (χ0n) is 36.4. The van der Waals surface area contributed by atoms with E-state index in [2.05, 4.69) is 35.5 Å². The van der Waals surface area contributed by atoms with E-state index in [4.69, 9.17) is 5.84 Å². The number of nitrogens with one attached hydrogen (secondary N) is 3. The number of aromatic nitrogens is 2. The standard InChI is InChI=1S/C22H23F6N5O.C14H19N3O2.C8H6F6N2.CH4/c23-21(24,25)15-9-16(22(26,27)28)11-17(10-15)30-31-20(34)19(14-3-1-5-29-12-14)33-8-7-32-6-2-4-18(32)13-33;18-14(19)13(11-3-1-5-15-9-11)17-8-7-16-6-2-4-12(16)10-17;9-7(10,11)4-1-5(8(12,13)14)3-6(2-4)16-15;/h1,3,5,9-12,18-19,30H,2,4,6-8,13H2,(H,31,34);1,3,5,9,12-13H,2,4,6-8,10H2,(H,18,19);1-3,16H,15H2;1H4/t18-,19?;12-,13?;;/m11../s1. The zero-order chi connectivity index (χ0) is 50.3. The maximum atomic E-state index is 13.2. The number of carboxylic acid groups (broad SMARTS) is 1. The fourth-order valence-electron chi connectivity index (χ4n) is 8.88. The molecule has 4 saturated heterocycles. The van der Waals surface area contributed by atoms with Gasteiger partial charge in [0.15, 0.2) is 0 Å². The molecule has 25 heteroatoms. The molecule has 70 heavy (non-hydrogen) atoms. The maximum Gasteiger partial charge on any atom is 0.416 e. The number of hydrogen-bond donors (Lipinski definition) is 5. The first-order valence-corrected chi connectivity index (χ1v) is 21.5. The van der Waals surface area contributed by atoms with Crippen LogP contribution in [0.3, 0.4) is 0 Å². The topological polar surface area (TPSA) is 155 Å². The van der Waals surface area contributed by atoms with Crippen LogP contribution in [0, 0.1) is 0 Å². The molecule has 0 radical (unpaired) electrons. The van der Waals surface area contributed by atoms with Crippen LogP contribution in [-0.2, 0) is 34.3 Å². The number of fused-ring (bicyclic) bond motifs is 2. The first-order valence-electron chi connectivity index (χ1n) is 21.5. The molecule has 384 valence electrons. The highest BCUT2D eigenvalue weighted by Crippen LogP contribution is 2.39. The third-order valence-corrected chi connectivity index (χ3v) is 12.1. The Bertz CT molecular complexity index is 2280. The summed E-state index contributed by atoms with van der Waals surface area (Å²) in [6.07, 6.45) is -8.76. The lowest BCUT2D eigenvalue weighted by Gasteiger charge is -2.41. The van der Waals surface area contributed by atoms with Crippen molar-refractivity contribution in [3.63, 3.8) is 0 Å². The Hall–Kier alpha value is -5.76. The van der Waals surface area contributed by atoms with Crippen LogP contribution in [0.25, 0.3) is 0 Å². The van der Waals surface area contributed by atoms with Gasteiger partial charge in [0, 0.05) is 81.8 Å². The molecule has 0 aliphatic carbocycles. The van der Waals surface area contributed by atoms with E-state index in [1.165, 1.54) is 25.6 Å². The summed E-state index contributed by atoms with van der Waals surface area (Å²) in [5, 5.41) is 9.54. The number of pyridine rings is 2. The molecular formula is C45H52F12N10O3. The van der Waals surface area contributed by atoms with Crippen LogP contribution in [0.2, 0.25) is 0 Å². The number of halogens is 12. The van der Waals surface area contributed by atoms with E-state index >= 15 is 0 Å². The number of benzene rings is 2. The average Bonchev–Trinajstić information content (AvgIpc) is 3.98. The van der Waals surface area contributed by atoms with Crippen molar-refractivity contribution < 1.29 is 67.4 Å². The monoisotopic (exact) mass is 1010 g/mol. The highest BCUT2D eigenvalue weighted by Gasteiger charge is 2.41. The Balaban J connectivity index is 0.000000214. The normalized spacial score (nSPS) is 20.0. The minimum absolute atomic E-state index is 0. The summed E-state index contributed by atoms with van der Waals surface area (Å²) < 4.78 is 152. The van der Waals surface area contributed by atoms with Gasteiger partial charge in [-0.05, 0) is 98.4 Å². The molecule has 0 spiro atoms. The first-order chi connectivity index (χ1) is 32.4. The van der Waals surface area contributed by atoms with E-state index in [9.17, 15) is 67.4 Å². The number of carbonyl (C=O) groups excluding carboxylic acids is 1. The van der Waals surface area contributed by atoms with Gasteiger partial charge >= 0.3 is 30.7 Å². The number of anilines is 2. The lowest BCUT2D eigenvalue weighted by Crippen LogP contribution is -2.54. The van der Waals surface area contributed by atoms with Crippen LogP contribution in [0.5, 0.6) is 0 Å². The summed E-state index contributed by atoms with van der Waals surface area (Å²) in [6.45, 7) is 6.80. The second kappa shape index (κ2) is 23.0. The van der Waals surface area contributed by atoms with E-state index in [1.54, 1.807) is 42.2 Å². The molecule has 13 nitrogen and oxygen atoms in total. The van der Waals surface area contributed by atoms with Crippen molar-refractivity contribution in [2.24, 2.45) is 5.84 Å². The summed E-state index contributed by atoms with van der Waals surface area (Å²) in [7, 11) is 0. The molecule has 6 heterocycles. The molecule has 4 aromatic rings. The Morgan fingerprint density at radius 1 is 0.600 bits per heavy atom. The fraction of sp³-hybridized carbons (Fsp3) is 0.467. The van der Waals surface area contributed by atoms with Gasteiger partial charge in [-0.25, -0.2) is 0 Å². The highest BCUT2D eigenvalue weighted by molar-refractivity contribution is 5.84. The van der Waals surface area contributed by atoms with E-state index in [-0.39, 0.29) is 19.6 Å². The molecule has 4 aliphatic heterocycles. The second-order valence-corrected chi connectivity index (χ2v) is 16.7. The van der Waals surface area contributed by atoms with E-state index in [1.807, 2.05) is 11.0 Å². The van der Waals surface area contributed by atoms with E-state index in [0.29, 0.717) is 55.0 Å². The number of aliphatic carboxylic acids is 1. The molecule has 4 fully saturated rings. The Kier molecular flexibility index (Phi) is 18.1. The second-order valence-electron chi connectivity index (χ2n) is 16.7. The molecular weight excluding hydrogens is 957 g/mol. The number of amides is 1. The number of hydrazine groups is 2. The number of hydrogen-bond acceptors (Lipinski definition) is 11. The van der Waals surface area contributed by atoms with E-state index in [0.717, 1.165) is 51.1 Å². The Labute approximate surface area is 395 Å². The highest BCUT2D eigenvalue weighted by atomic mass is 19.4. The van der Waals surface area contributed by atoms with Crippen LogP contribution in [-0.4, -0.2) is 111 Å².